The third-order valence-corrected chi connectivity index (χ3v) is 2.43. The molecule has 1 unspecified atom stereocenters. The number of Topliss-reactive ketones (excluding diaryl/α,β-unsaturated/α-hetero) is 1. The van der Waals surface area contributed by atoms with Gasteiger partial charge >= 0.3 is 0 Å². The maximum atomic E-state index is 11.3. The van der Waals surface area contributed by atoms with Gasteiger partial charge in [-0.25, -0.2) is 0 Å². The van der Waals surface area contributed by atoms with Crippen molar-refractivity contribution in [1.29, 1.82) is 0 Å². The molecule has 0 aromatic carbocycles. The minimum absolute atomic E-state index is 0.0951. The second-order valence-electron chi connectivity index (χ2n) is 4.24. The van der Waals surface area contributed by atoms with E-state index in [0.29, 0.717) is 24.7 Å². The molecule has 0 spiro atoms. The van der Waals surface area contributed by atoms with Gasteiger partial charge in [-0.05, 0) is 12.8 Å². The highest BCUT2D eigenvalue weighted by Crippen LogP contribution is 2.23. The van der Waals surface area contributed by atoms with Crippen LogP contribution >= 0.6 is 0 Å². The lowest BCUT2D eigenvalue weighted by Crippen LogP contribution is -2.13. The SMILES string of the molecule is CCOC(c1noc(CC(=O)CC)n1)C(C)C. The largest absolute Gasteiger partial charge is 0.370 e. The first-order valence-corrected chi connectivity index (χ1v) is 6.04. The van der Waals surface area contributed by atoms with Gasteiger partial charge in [-0.1, -0.05) is 25.9 Å². The first kappa shape index (κ1) is 13.8. The number of ketones is 1. The van der Waals surface area contributed by atoms with Crippen LogP contribution in [-0.2, 0) is 16.0 Å². The van der Waals surface area contributed by atoms with Crippen molar-refractivity contribution in [3.8, 4) is 0 Å². The summed E-state index contributed by atoms with van der Waals surface area (Å²) in [6.07, 6.45) is 0.520. The predicted molar refractivity (Wildman–Crippen MR) is 62.5 cm³/mol. The Balaban J connectivity index is 2.74. The highest BCUT2D eigenvalue weighted by Gasteiger charge is 2.22. The fourth-order valence-electron chi connectivity index (χ4n) is 1.49. The first-order valence-electron chi connectivity index (χ1n) is 6.04. The Morgan fingerprint density at radius 3 is 2.65 bits per heavy atom. The summed E-state index contributed by atoms with van der Waals surface area (Å²) in [5, 5.41) is 3.88. The molecule has 0 fully saturated rings. The van der Waals surface area contributed by atoms with Crippen LogP contribution in [0.1, 0.15) is 51.9 Å². The van der Waals surface area contributed by atoms with E-state index in [4.69, 9.17) is 9.26 Å². The van der Waals surface area contributed by atoms with Crippen LogP contribution in [0.25, 0.3) is 0 Å². The molecule has 1 aromatic heterocycles. The van der Waals surface area contributed by atoms with Crippen molar-refractivity contribution in [2.75, 3.05) is 6.61 Å². The molecule has 0 aliphatic carbocycles. The minimum Gasteiger partial charge on any atom is -0.370 e. The zero-order valence-corrected chi connectivity index (χ0v) is 10.9. The average Bonchev–Trinajstić information content (AvgIpc) is 2.73. The molecule has 0 aliphatic rings. The lowest BCUT2D eigenvalue weighted by Gasteiger charge is -2.16. The fraction of sp³-hybridized carbons (Fsp3) is 0.750. The topological polar surface area (TPSA) is 65.2 Å². The van der Waals surface area contributed by atoms with Crippen molar-refractivity contribution < 1.29 is 14.1 Å². The van der Waals surface area contributed by atoms with E-state index in [1.807, 2.05) is 27.7 Å². The molecule has 96 valence electrons. The van der Waals surface area contributed by atoms with Gasteiger partial charge in [-0.15, -0.1) is 0 Å². The van der Waals surface area contributed by atoms with Crippen molar-refractivity contribution in [1.82, 2.24) is 10.1 Å². The molecule has 1 heterocycles. The van der Waals surface area contributed by atoms with E-state index in [1.54, 1.807) is 0 Å². The monoisotopic (exact) mass is 240 g/mol. The van der Waals surface area contributed by atoms with E-state index in [2.05, 4.69) is 10.1 Å². The summed E-state index contributed by atoms with van der Waals surface area (Å²) in [6.45, 7) is 8.41. The van der Waals surface area contributed by atoms with Gasteiger partial charge in [0.1, 0.15) is 11.9 Å². The quantitative estimate of drug-likeness (QED) is 0.731. The Bertz CT molecular complexity index is 360. The molecule has 5 nitrogen and oxygen atoms in total. The summed E-state index contributed by atoms with van der Waals surface area (Å²) in [4.78, 5) is 15.5. The second kappa shape index (κ2) is 6.49. The lowest BCUT2D eigenvalue weighted by molar-refractivity contribution is -0.118. The predicted octanol–water partition coefficient (Wildman–Crippen LogP) is 2.32. The Hall–Kier alpha value is -1.23. The van der Waals surface area contributed by atoms with Crippen molar-refractivity contribution in [2.24, 2.45) is 5.92 Å². The molecule has 17 heavy (non-hydrogen) atoms. The molecule has 1 aromatic rings. The molecule has 0 saturated heterocycles. The van der Waals surface area contributed by atoms with Crippen molar-refractivity contribution in [2.45, 2.75) is 46.6 Å². The summed E-state index contributed by atoms with van der Waals surface area (Å²) < 4.78 is 10.6. The van der Waals surface area contributed by atoms with Crippen LogP contribution in [0.3, 0.4) is 0 Å². The van der Waals surface area contributed by atoms with Gasteiger partial charge in [0.2, 0.25) is 11.7 Å². The van der Waals surface area contributed by atoms with Crippen molar-refractivity contribution >= 4 is 5.78 Å². The molecular weight excluding hydrogens is 220 g/mol. The van der Waals surface area contributed by atoms with Crippen LogP contribution in [0.4, 0.5) is 0 Å². The molecule has 0 radical (unpaired) electrons. The van der Waals surface area contributed by atoms with E-state index in [0.717, 1.165) is 0 Å². The molecule has 0 aliphatic heterocycles. The Labute approximate surface area is 102 Å². The van der Waals surface area contributed by atoms with Gasteiger partial charge in [-0.3, -0.25) is 4.79 Å². The fourth-order valence-corrected chi connectivity index (χ4v) is 1.49. The third kappa shape index (κ3) is 3.93. The molecule has 0 amide bonds. The van der Waals surface area contributed by atoms with Crippen LogP contribution in [0.15, 0.2) is 4.52 Å². The van der Waals surface area contributed by atoms with Crippen LogP contribution in [0.5, 0.6) is 0 Å². The first-order chi connectivity index (χ1) is 8.08. The van der Waals surface area contributed by atoms with Gasteiger partial charge in [0, 0.05) is 13.0 Å². The Morgan fingerprint density at radius 1 is 1.41 bits per heavy atom. The number of aromatic nitrogens is 2. The van der Waals surface area contributed by atoms with Gasteiger partial charge in [0.05, 0.1) is 6.42 Å². The molecule has 5 heteroatoms. The maximum absolute atomic E-state index is 11.3. The summed E-state index contributed by atoms with van der Waals surface area (Å²) in [5.74, 6) is 1.26. The maximum Gasteiger partial charge on any atom is 0.234 e. The zero-order chi connectivity index (χ0) is 12.8. The highest BCUT2D eigenvalue weighted by atomic mass is 16.5. The van der Waals surface area contributed by atoms with E-state index in [-0.39, 0.29) is 24.2 Å². The average molecular weight is 240 g/mol. The number of nitrogens with zero attached hydrogens (tertiary/aromatic N) is 2. The van der Waals surface area contributed by atoms with Crippen LogP contribution < -0.4 is 0 Å². The normalized spacial score (nSPS) is 13.0. The Kier molecular flexibility index (Phi) is 5.28. The van der Waals surface area contributed by atoms with Crippen molar-refractivity contribution in [3.05, 3.63) is 11.7 Å². The van der Waals surface area contributed by atoms with E-state index in [9.17, 15) is 4.79 Å². The number of ether oxygens (including phenoxy) is 1. The van der Waals surface area contributed by atoms with Gasteiger partial charge in [-0.2, -0.15) is 4.98 Å². The Morgan fingerprint density at radius 2 is 2.12 bits per heavy atom. The van der Waals surface area contributed by atoms with Gasteiger partial charge in [0.25, 0.3) is 0 Å². The summed E-state index contributed by atoms with van der Waals surface area (Å²) >= 11 is 0. The van der Waals surface area contributed by atoms with E-state index >= 15 is 0 Å². The number of rotatable bonds is 7. The molecule has 1 rings (SSSR count). The zero-order valence-electron chi connectivity index (χ0n) is 10.9. The number of carbonyl (C=O) groups is 1. The van der Waals surface area contributed by atoms with Crippen LogP contribution in [0, 0.1) is 5.92 Å². The van der Waals surface area contributed by atoms with Gasteiger partial charge in [0.15, 0.2) is 0 Å². The number of hydrogen-bond donors (Lipinski definition) is 0. The molecule has 0 saturated carbocycles. The molecule has 1 atom stereocenters. The second-order valence-corrected chi connectivity index (χ2v) is 4.24. The lowest BCUT2D eigenvalue weighted by atomic mass is 10.1. The molecule has 0 N–H and O–H groups in total. The summed E-state index contributed by atoms with van der Waals surface area (Å²) in [5.41, 5.74) is 0. The van der Waals surface area contributed by atoms with E-state index < -0.39 is 0 Å². The molecule has 0 bridgehead atoms. The van der Waals surface area contributed by atoms with E-state index in [1.165, 1.54) is 0 Å². The number of hydrogen-bond acceptors (Lipinski definition) is 5. The van der Waals surface area contributed by atoms with Crippen LogP contribution in [-0.4, -0.2) is 22.5 Å². The summed E-state index contributed by atoms with van der Waals surface area (Å²) in [7, 11) is 0. The summed E-state index contributed by atoms with van der Waals surface area (Å²) in [6, 6.07) is 0. The van der Waals surface area contributed by atoms with Crippen molar-refractivity contribution in [3.63, 3.8) is 0 Å². The molecular formula is C12H20N2O3. The number of carbonyl (C=O) groups excluding carboxylic acids is 1. The third-order valence-electron chi connectivity index (χ3n) is 2.43. The smallest absolute Gasteiger partial charge is 0.234 e. The highest BCUT2D eigenvalue weighted by molar-refractivity contribution is 5.79. The minimum atomic E-state index is -0.172. The standard InChI is InChI=1S/C12H20N2O3/c1-5-9(15)7-10-13-12(14-17-10)11(8(3)4)16-6-2/h8,11H,5-7H2,1-4H3. The van der Waals surface area contributed by atoms with Crippen LogP contribution in [0.2, 0.25) is 0 Å². The van der Waals surface area contributed by atoms with Gasteiger partial charge < -0.3 is 9.26 Å².